The van der Waals surface area contributed by atoms with E-state index >= 15 is 0 Å². The van der Waals surface area contributed by atoms with Crippen LogP contribution in [0, 0.1) is 0 Å². The molecule has 76 valence electrons. The van der Waals surface area contributed by atoms with E-state index in [1.807, 2.05) is 18.2 Å². The Balaban J connectivity index is 2.59. The van der Waals surface area contributed by atoms with Crippen molar-refractivity contribution in [3.05, 3.63) is 41.7 Å². The minimum Gasteiger partial charge on any atom is -0.307 e. The highest BCUT2D eigenvalue weighted by Gasteiger charge is 2.09. The van der Waals surface area contributed by atoms with Gasteiger partial charge in [0, 0.05) is 18.0 Å². The summed E-state index contributed by atoms with van der Waals surface area (Å²) in [6.45, 7) is 0. The van der Waals surface area contributed by atoms with E-state index in [4.69, 9.17) is 17.4 Å². The predicted octanol–water partition coefficient (Wildman–Crippen LogP) is 2.08. The molecule has 0 aliphatic heterocycles. The Kier molecular flexibility index (Phi) is 2.80. The Morgan fingerprint density at radius 2 is 1.87 bits per heavy atom. The van der Waals surface area contributed by atoms with Gasteiger partial charge in [0.15, 0.2) is 5.82 Å². The topological polar surface area (TPSA) is 63.8 Å². The SMILES string of the molecule is NNc1nccnc1-c1ccccc1Cl. The third kappa shape index (κ3) is 1.91. The van der Waals surface area contributed by atoms with Crippen LogP contribution < -0.4 is 11.3 Å². The second-order valence-electron chi connectivity index (χ2n) is 2.88. The molecule has 5 heteroatoms. The smallest absolute Gasteiger partial charge is 0.166 e. The van der Waals surface area contributed by atoms with Gasteiger partial charge in [0.25, 0.3) is 0 Å². The van der Waals surface area contributed by atoms with Gasteiger partial charge >= 0.3 is 0 Å². The van der Waals surface area contributed by atoms with Gasteiger partial charge in [-0.15, -0.1) is 0 Å². The fraction of sp³-hybridized carbons (Fsp3) is 0. The van der Waals surface area contributed by atoms with Gasteiger partial charge in [0.2, 0.25) is 0 Å². The van der Waals surface area contributed by atoms with Gasteiger partial charge in [0.05, 0.1) is 5.02 Å². The summed E-state index contributed by atoms with van der Waals surface area (Å²) in [5.74, 6) is 5.85. The molecule has 0 amide bonds. The van der Waals surface area contributed by atoms with E-state index in [1.54, 1.807) is 18.5 Å². The summed E-state index contributed by atoms with van der Waals surface area (Å²) in [5.41, 5.74) is 3.94. The molecule has 1 heterocycles. The van der Waals surface area contributed by atoms with Crippen LogP contribution in [0.1, 0.15) is 0 Å². The number of nitrogens with two attached hydrogens (primary N) is 1. The van der Waals surface area contributed by atoms with Gasteiger partial charge < -0.3 is 5.43 Å². The number of hydrazine groups is 1. The fourth-order valence-electron chi connectivity index (χ4n) is 1.29. The molecular formula is C10H9ClN4. The minimum absolute atomic E-state index is 0.505. The molecule has 1 aromatic heterocycles. The van der Waals surface area contributed by atoms with E-state index in [0.717, 1.165) is 5.56 Å². The van der Waals surface area contributed by atoms with E-state index < -0.39 is 0 Å². The van der Waals surface area contributed by atoms with Crippen molar-refractivity contribution in [2.24, 2.45) is 5.84 Å². The quantitative estimate of drug-likeness (QED) is 0.601. The maximum atomic E-state index is 6.05. The van der Waals surface area contributed by atoms with Gasteiger partial charge in [0.1, 0.15) is 5.69 Å². The standard InChI is InChI=1S/C10H9ClN4/c11-8-4-2-1-3-7(8)9-10(15-12)14-6-5-13-9/h1-6H,12H2,(H,14,15). The number of nitrogens with zero attached hydrogens (tertiary/aromatic N) is 2. The highest BCUT2D eigenvalue weighted by molar-refractivity contribution is 6.33. The molecule has 0 saturated heterocycles. The van der Waals surface area contributed by atoms with Crippen LogP contribution in [0.25, 0.3) is 11.3 Å². The van der Waals surface area contributed by atoms with Crippen molar-refractivity contribution in [1.82, 2.24) is 9.97 Å². The lowest BCUT2D eigenvalue weighted by atomic mass is 10.1. The van der Waals surface area contributed by atoms with Crippen LogP contribution in [-0.4, -0.2) is 9.97 Å². The van der Waals surface area contributed by atoms with Gasteiger partial charge in [-0.1, -0.05) is 29.8 Å². The Labute approximate surface area is 92.1 Å². The molecule has 15 heavy (non-hydrogen) atoms. The molecule has 0 unspecified atom stereocenters. The molecule has 0 aliphatic carbocycles. The molecule has 0 spiro atoms. The summed E-state index contributed by atoms with van der Waals surface area (Å²) >= 11 is 6.05. The zero-order valence-corrected chi connectivity index (χ0v) is 8.57. The van der Waals surface area contributed by atoms with Crippen LogP contribution >= 0.6 is 11.6 Å². The van der Waals surface area contributed by atoms with E-state index in [0.29, 0.717) is 16.5 Å². The molecule has 3 N–H and O–H groups in total. The third-order valence-electron chi connectivity index (χ3n) is 1.96. The molecule has 2 rings (SSSR count). The number of aromatic nitrogens is 2. The fourth-order valence-corrected chi connectivity index (χ4v) is 1.52. The van der Waals surface area contributed by atoms with Crippen LogP contribution in [-0.2, 0) is 0 Å². The van der Waals surface area contributed by atoms with E-state index in [9.17, 15) is 0 Å². The summed E-state index contributed by atoms with van der Waals surface area (Å²) in [5, 5.41) is 0.620. The molecule has 0 radical (unpaired) electrons. The summed E-state index contributed by atoms with van der Waals surface area (Å²) < 4.78 is 0. The first-order valence-electron chi connectivity index (χ1n) is 4.35. The van der Waals surface area contributed by atoms with Crippen molar-refractivity contribution in [1.29, 1.82) is 0 Å². The normalized spacial score (nSPS) is 10.0. The number of nitrogens with one attached hydrogen (secondary N) is 1. The number of hydrogen-bond donors (Lipinski definition) is 2. The van der Waals surface area contributed by atoms with Crippen LogP contribution in [0.3, 0.4) is 0 Å². The monoisotopic (exact) mass is 220 g/mol. The zero-order chi connectivity index (χ0) is 10.7. The first kappa shape index (κ1) is 9.89. The largest absolute Gasteiger partial charge is 0.307 e. The molecule has 4 nitrogen and oxygen atoms in total. The first-order valence-corrected chi connectivity index (χ1v) is 4.73. The second kappa shape index (κ2) is 4.25. The van der Waals surface area contributed by atoms with Crippen molar-refractivity contribution in [2.45, 2.75) is 0 Å². The maximum absolute atomic E-state index is 6.05. The molecular weight excluding hydrogens is 212 g/mol. The second-order valence-corrected chi connectivity index (χ2v) is 3.28. The number of nitrogen functional groups attached to an aromatic ring is 1. The van der Waals surface area contributed by atoms with Gasteiger partial charge in [-0.2, -0.15) is 0 Å². The Bertz CT molecular complexity index is 472. The molecule has 0 fully saturated rings. The van der Waals surface area contributed by atoms with Gasteiger partial charge in [-0.3, -0.25) is 4.98 Å². The van der Waals surface area contributed by atoms with E-state index in [2.05, 4.69) is 15.4 Å². The van der Waals surface area contributed by atoms with E-state index in [1.165, 1.54) is 0 Å². The lowest BCUT2D eigenvalue weighted by Crippen LogP contribution is -2.10. The highest BCUT2D eigenvalue weighted by atomic mass is 35.5. The molecule has 0 aliphatic rings. The highest BCUT2D eigenvalue weighted by Crippen LogP contribution is 2.29. The van der Waals surface area contributed by atoms with Crippen LogP contribution in [0.4, 0.5) is 5.82 Å². The Morgan fingerprint density at radius 3 is 2.60 bits per heavy atom. The molecule has 0 atom stereocenters. The van der Waals surface area contributed by atoms with Crippen molar-refractivity contribution in [3.8, 4) is 11.3 Å². The minimum atomic E-state index is 0.505. The Morgan fingerprint density at radius 1 is 1.13 bits per heavy atom. The number of anilines is 1. The summed E-state index contributed by atoms with van der Waals surface area (Å²) in [7, 11) is 0. The third-order valence-corrected chi connectivity index (χ3v) is 2.29. The van der Waals surface area contributed by atoms with Crippen molar-refractivity contribution in [3.63, 3.8) is 0 Å². The van der Waals surface area contributed by atoms with Crippen molar-refractivity contribution < 1.29 is 0 Å². The van der Waals surface area contributed by atoms with E-state index in [-0.39, 0.29) is 0 Å². The van der Waals surface area contributed by atoms with Crippen LogP contribution in [0.2, 0.25) is 5.02 Å². The van der Waals surface area contributed by atoms with Crippen LogP contribution in [0.15, 0.2) is 36.7 Å². The van der Waals surface area contributed by atoms with Gasteiger partial charge in [-0.05, 0) is 6.07 Å². The summed E-state index contributed by atoms with van der Waals surface area (Å²) in [6.07, 6.45) is 3.16. The number of rotatable bonds is 2. The molecule has 2 aromatic rings. The Hall–Kier alpha value is -1.65. The molecule has 0 saturated carbocycles. The summed E-state index contributed by atoms with van der Waals surface area (Å²) in [4.78, 5) is 8.25. The van der Waals surface area contributed by atoms with Gasteiger partial charge in [-0.25, -0.2) is 10.8 Å². The predicted molar refractivity (Wildman–Crippen MR) is 60.3 cm³/mol. The van der Waals surface area contributed by atoms with Crippen molar-refractivity contribution >= 4 is 17.4 Å². The number of hydrogen-bond acceptors (Lipinski definition) is 4. The first-order chi connectivity index (χ1) is 7.33. The molecule has 0 bridgehead atoms. The lowest BCUT2D eigenvalue weighted by Gasteiger charge is -2.07. The number of benzene rings is 1. The zero-order valence-electron chi connectivity index (χ0n) is 7.81. The summed E-state index contributed by atoms with van der Waals surface area (Å²) in [6, 6.07) is 7.41. The average molecular weight is 221 g/mol. The lowest BCUT2D eigenvalue weighted by molar-refractivity contribution is 1.16. The number of halogens is 1. The maximum Gasteiger partial charge on any atom is 0.166 e. The molecule has 1 aromatic carbocycles. The van der Waals surface area contributed by atoms with Crippen molar-refractivity contribution in [2.75, 3.05) is 5.43 Å². The average Bonchev–Trinajstić information content (AvgIpc) is 2.30. The van der Waals surface area contributed by atoms with Crippen LogP contribution in [0.5, 0.6) is 0 Å².